The molecule has 2 rings (SSSR count). The summed E-state index contributed by atoms with van der Waals surface area (Å²) in [7, 11) is 2.13. The lowest BCUT2D eigenvalue weighted by Crippen LogP contribution is -2.35. The van der Waals surface area contributed by atoms with Crippen molar-refractivity contribution in [2.24, 2.45) is 5.92 Å². The molecule has 3 heteroatoms. The molecule has 1 fully saturated rings. The van der Waals surface area contributed by atoms with Crippen molar-refractivity contribution in [1.29, 1.82) is 0 Å². The van der Waals surface area contributed by atoms with Crippen LogP contribution < -0.4 is 5.32 Å². The van der Waals surface area contributed by atoms with E-state index in [1.807, 2.05) is 11.3 Å². The zero-order chi connectivity index (χ0) is 12.8. The molecular formula is C15H24BrNS. The van der Waals surface area contributed by atoms with E-state index in [0.717, 1.165) is 5.92 Å². The van der Waals surface area contributed by atoms with Crippen molar-refractivity contribution >= 4 is 27.3 Å². The van der Waals surface area contributed by atoms with Gasteiger partial charge in [0, 0.05) is 20.8 Å². The number of thiophene rings is 1. The number of nitrogens with one attached hydrogen (secondary N) is 1. The minimum absolute atomic E-state index is 0.661. The van der Waals surface area contributed by atoms with E-state index in [9.17, 15) is 0 Å². The van der Waals surface area contributed by atoms with E-state index in [1.54, 1.807) is 0 Å². The normalized spacial score (nSPS) is 20.3. The van der Waals surface area contributed by atoms with Gasteiger partial charge in [-0.25, -0.2) is 0 Å². The lowest BCUT2D eigenvalue weighted by molar-refractivity contribution is 0.294. The van der Waals surface area contributed by atoms with E-state index in [0.29, 0.717) is 6.04 Å². The summed E-state index contributed by atoms with van der Waals surface area (Å²) < 4.78 is 1.23. The molecular weight excluding hydrogens is 306 g/mol. The number of hydrogen-bond donors (Lipinski definition) is 1. The first-order valence-electron chi connectivity index (χ1n) is 7.20. The second-order valence-corrected chi connectivity index (χ2v) is 7.35. The quantitative estimate of drug-likeness (QED) is 0.819. The molecule has 1 heterocycles. The van der Waals surface area contributed by atoms with Gasteiger partial charge < -0.3 is 5.32 Å². The summed E-state index contributed by atoms with van der Waals surface area (Å²) in [6, 6.07) is 2.94. The molecule has 0 amide bonds. The van der Waals surface area contributed by atoms with Crippen LogP contribution in [0.25, 0.3) is 0 Å². The van der Waals surface area contributed by atoms with E-state index in [-0.39, 0.29) is 0 Å². The Hall–Kier alpha value is 0.140. The predicted octanol–water partition coefficient (Wildman–Crippen LogP) is 5.00. The molecule has 1 saturated carbocycles. The maximum Gasteiger partial charge on any atom is 0.0285 e. The van der Waals surface area contributed by atoms with Crippen LogP contribution in [-0.4, -0.2) is 13.1 Å². The van der Waals surface area contributed by atoms with Crippen LogP contribution >= 0.6 is 27.3 Å². The molecule has 1 N–H and O–H groups in total. The van der Waals surface area contributed by atoms with Crippen molar-refractivity contribution in [3.05, 3.63) is 20.8 Å². The van der Waals surface area contributed by atoms with Gasteiger partial charge in [0.1, 0.15) is 0 Å². The van der Waals surface area contributed by atoms with Crippen molar-refractivity contribution in [2.45, 2.75) is 57.4 Å². The summed E-state index contributed by atoms with van der Waals surface area (Å²) in [5, 5.41) is 5.76. The second-order valence-electron chi connectivity index (χ2n) is 5.44. The van der Waals surface area contributed by atoms with Crippen LogP contribution in [0.2, 0.25) is 0 Å². The number of rotatable bonds is 4. The van der Waals surface area contributed by atoms with Crippen LogP contribution in [-0.2, 0) is 6.42 Å². The Kier molecular flexibility index (Phi) is 6.19. The molecule has 102 valence electrons. The van der Waals surface area contributed by atoms with Gasteiger partial charge >= 0.3 is 0 Å². The smallest absolute Gasteiger partial charge is 0.0285 e. The summed E-state index contributed by atoms with van der Waals surface area (Å²) in [5.41, 5.74) is 0. The van der Waals surface area contributed by atoms with Crippen molar-refractivity contribution in [1.82, 2.24) is 5.32 Å². The summed E-state index contributed by atoms with van der Waals surface area (Å²) in [6.45, 7) is 0. The van der Waals surface area contributed by atoms with Gasteiger partial charge in [0.2, 0.25) is 0 Å². The number of hydrogen-bond acceptors (Lipinski definition) is 2. The minimum atomic E-state index is 0.661. The zero-order valence-electron chi connectivity index (χ0n) is 11.3. The fourth-order valence-electron chi connectivity index (χ4n) is 3.07. The highest BCUT2D eigenvalue weighted by Gasteiger charge is 2.21. The van der Waals surface area contributed by atoms with Crippen molar-refractivity contribution in [2.75, 3.05) is 7.05 Å². The molecule has 0 bridgehead atoms. The lowest BCUT2D eigenvalue weighted by atomic mass is 9.84. The van der Waals surface area contributed by atoms with Crippen LogP contribution in [0.5, 0.6) is 0 Å². The van der Waals surface area contributed by atoms with Gasteiger partial charge in [-0.2, -0.15) is 0 Å². The minimum Gasteiger partial charge on any atom is -0.316 e. The SMILES string of the molecule is CNC(Cc1cc(Br)cs1)C1CCCCCCC1. The van der Waals surface area contributed by atoms with Gasteiger partial charge in [0.05, 0.1) is 0 Å². The van der Waals surface area contributed by atoms with Gasteiger partial charge in [-0.3, -0.25) is 0 Å². The van der Waals surface area contributed by atoms with Crippen molar-refractivity contribution in [3.8, 4) is 0 Å². The predicted molar refractivity (Wildman–Crippen MR) is 84.4 cm³/mol. The molecule has 0 radical (unpaired) electrons. The third-order valence-electron chi connectivity index (χ3n) is 4.13. The highest BCUT2D eigenvalue weighted by Crippen LogP contribution is 2.28. The van der Waals surface area contributed by atoms with Gasteiger partial charge in [-0.1, -0.05) is 32.1 Å². The molecule has 1 atom stereocenters. The molecule has 1 nitrogen and oxygen atoms in total. The van der Waals surface area contributed by atoms with Crippen molar-refractivity contribution in [3.63, 3.8) is 0 Å². The van der Waals surface area contributed by atoms with E-state index in [4.69, 9.17) is 0 Å². The van der Waals surface area contributed by atoms with Gasteiger partial charge in [-0.15, -0.1) is 11.3 Å². The molecule has 0 aromatic carbocycles. The summed E-state index contributed by atoms with van der Waals surface area (Å²) >= 11 is 5.43. The Labute approximate surface area is 123 Å². The first-order valence-corrected chi connectivity index (χ1v) is 8.87. The second kappa shape index (κ2) is 7.66. The number of halogens is 1. The van der Waals surface area contributed by atoms with Gasteiger partial charge in [-0.05, 0) is 54.2 Å². The summed E-state index contributed by atoms with van der Waals surface area (Å²) in [6.07, 6.45) is 11.2. The average molecular weight is 330 g/mol. The third-order valence-corrected chi connectivity index (χ3v) is 5.85. The van der Waals surface area contributed by atoms with E-state index >= 15 is 0 Å². The Balaban J connectivity index is 1.93. The monoisotopic (exact) mass is 329 g/mol. The molecule has 1 aromatic rings. The topological polar surface area (TPSA) is 12.0 Å². The van der Waals surface area contributed by atoms with Crippen LogP contribution in [0, 0.1) is 5.92 Å². The van der Waals surface area contributed by atoms with Crippen LogP contribution in [0.1, 0.15) is 49.8 Å². The van der Waals surface area contributed by atoms with E-state index in [2.05, 4.69) is 39.7 Å². The average Bonchev–Trinajstić information content (AvgIpc) is 2.72. The standard InChI is InChI=1S/C15H24BrNS/c1-17-15(10-14-9-13(16)11-18-14)12-7-5-3-2-4-6-8-12/h9,11-12,15,17H,2-8,10H2,1H3. The van der Waals surface area contributed by atoms with Gasteiger partial charge in [0.15, 0.2) is 0 Å². The van der Waals surface area contributed by atoms with E-state index < -0.39 is 0 Å². The van der Waals surface area contributed by atoms with E-state index in [1.165, 1.54) is 60.7 Å². The largest absolute Gasteiger partial charge is 0.316 e. The summed E-state index contributed by atoms with van der Waals surface area (Å²) in [5.74, 6) is 0.871. The highest BCUT2D eigenvalue weighted by molar-refractivity contribution is 9.10. The fourth-order valence-corrected chi connectivity index (χ4v) is 4.58. The summed E-state index contributed by atoms with van der Waals surface area (Å²) in [4.78, 5) is 1.50. The molecule has 1 aliphatic rings. The number of likely N-dealkylation sites (N-methyl/N-ethyl adjacent to an activating group) is 1. The zero-order valence-corrected chi connectivity index (χ0v) is 13.7. The third kappa shape index (κ3) is 4.36. The maximum atomic E-state index is 3.57. The Morgan fingerprint density at radius 3 is 2.50 bits per heavy atom. The Morgan fingerprint density at radius 2 is 1.94 bits per heavy atom. The van der Waals surface area contributed by atoms with Crippen molar-refractivity contribution < 1.29 is 0 Å². The molecule has 0 spiro atoms. The molecule has 1 aliphatic carbocycles. The molecule has 1 unspecified atom stereocenters. The fraction of sp³-hybridized carbons (Fsp3) is 0.733. The maximum absolute atomic E-state index is 3.57. The van der Waals surface area contributed by atoms with Crippen LogP contribution in [0.4, 0.5) is 0 Å². The van der Waals surface area contributed by atoms with Crippen LogP contribution in [0.3, 0.4) is 0 Å². The molecule has 0 saturated heterocycles. The first-order chi connectivity index (χ1) is 8.79. The highest BCUT2D eigenvalue weighted by atomic mass is 79.9. The lowest BCUT2D eigenvalue weighted by Gasteiger charge is -2.28. The van der Waals surface area contributed by atoms with Gasteiger partial charge in [0.25, 0.3) is 0 Å². The molecule has 0 aliphatic heterocycles. The Morgan fingerprint density at radius 1 is 1.28 bits per heavy atom. The Bertz CT molecular complexity index is 342. The molecule has 18 heavy (non-hydrogen) atoms. The first kappa shape index (κ1) is 14.5. The van der Waals surface area contributed by atoms with Crippen LogP contribution in [0.15, 0.2) is 15.9 Å². The molecule has 1 aromatic heterocycles.